The van der Waals surface area contributed by atoms with Gasteiger partial charge < -0.3 is 14.6 Å². The number of esters is 1. The molecule has 22 heavy (non-hydrogen) atoms. The molecule has 3 rings (SSSR count). The molecule has 116 valence electrons. The van der Waals surface area contributed by atoms with Gasteiger partial charge in [0.2, 0.25) is 0 Å². The first-order valence-electron chi connectivity index (χ1n) is 7.36. The monoisotopic (exact) mass is 302 g/mol. The molecule has 0 radical (unpaired) electrons. The zero-order valence-corrected chi connectivity index (χ0v) is 12.4. The van der Waals surface area contributed by atoms with E-state index in [-0.39, 0.29) is 18.1 Å². The third-order valence-electron chi connectivity index (χ3n) is 4.24. The van der Waals surface area contributed by atoms with E-state index in [1.165, 1.54) is 7.11 Å². The van der Waals surface area contributed by atoms with E-state index in [4.69, 9.17) is 4.74 Å². The lowest BCUT2D eigenvalue weighted by Crippen LogP contribution is -2.47. The second-order valence-electron chi connectivity index (χ2n) is 5.66. The molecule has 0 spiro atoms. The maximum absolute atomic E-state index is 12.3. The Hall–Kier alpha value is -2.14. The predicted molar refractivity (Wildman–Crippen MR) is 77.7 cm³/mol. The number of Topliss-reactive ketones (excluding diaryl/α,β-unsaturated/α-hetero) is 1. The summed E-state index contributed by atoms with van der Waals surface area (Å²) in [5, 5.41) is 10.6. The lowest BCUT2D eigenvalue weighted by molar-refractivity contribution is -0.222. The molecule has 5 heteroatoms. The molecule has 0 fully saturated rings. The number of rotatable bonds is 2. The van der Waals surface area contributed by atoms with Crippen LogP contribution in [0, 0.1) is 0 Å². The molecule has 0 bridgehead atoms. The van der Waals surface area contributed by atoms with Gasteiger partial charge in [0.25, 0.3) is 0 Å². The molecule has 5 nitrogen and oxygen atoms in total. The third kappa shape index (κ3) is 2.41. The highest BCUT2D eigenvalue weighted by molar-refractivity contribution is 5.98. The Morgan fingerprint density at radius 3 is 2.73 bits per heavy atom. The zero-order valence-electron chi connectivity index (χ0n) is 12.4. The number of ketones is 1. The Balaban J connectivity index is 2.08. The number of benzene rings is 1. The first-order chi connectivity index (χ1) is 10.5. The van der Waals surface area contributed by atoms with Crippen molar-refractivity contribution in [2.24, 2.45) is 0 Å². The fourth-order valence-corrected chi connectivity index (χ4v) is 3.21. The van der Waals surface area contributed by atoms with Crippen LogP contribution in [0.25, 0.3) is 0 Å². The molecule has 1 heterocycles. The van der Waals surface area contributed by atoms with Crippen molar-refractivity contribution in [3.05, 3.63) is 47.2 Å². The van der Waals surface area contributed by atoms with Crippen LogP contribution in [-0.4, -0.2) is 29.8 Å². The van der Waals surface area contributed by atoms with Crippen LogP contribution >= 0.6 is 0 Å². The van der Waals surface area contributed by atoms with Crippen molar-refractivity contribution in [1.82, 2.24) is 0 Å². The molecule has 1 aliphatic carbocycles. The van der Waals surface area contributed by atoms with Gasteiger partial charge >= 0.3 is 11.8 Å². The molecule has 1 N–H and O–H groups in total. The van der Waals surface area contributed by atoms with Crippen molar-refractivity contribution in [2.45, 2.75) is 37.4 Å². The van der Waals surface area contributed by atoms with E-state index >= 15 is 0 Å². The molecule has 0 saturated heterocycles. The van der Waals surface area contributed by atoms with Gasteiger partial charge in [-0.05, 0) is 12.0 Å². The van der Waals surface area contributed by atoms with Gasteiger partial charge in [-0.3, -0.25) is 4.79 Å². The minimum atomic E-state index is -2.04. The highest BCUT2D eigenvalue weighted by Crippen LogP contribution is 2.45. The summed E-state index contributed by atoms with van der Waals surface area (Å²) < 4.78 is 10.2. The van der Waals surface area contributed by atoms with Gasteiger partial charge in [0.15, 0.2) is 5.78 Å². The van der Waals surface area contributed by atoms with Gasteiger partial charge in [0, 0.05) is 30.8 Å². The van der Waals surface area contributed by atoms with Crippen LogP contribution in [0.4, 0.5) is 0 Å². The molecular weight excluding hydrogens is 284 g/mol. The summed E-state index contributed by atoms with van der Waals surface area (Å²) in [6.07, 6.45) is 1.66. The van der Waals surface area contributed by atoms with Crippen LogP contribution in [0.5, 0.6) is 0 Å². The number of carbonyl (C=O) groups is 2. The Labute approximate surface area is 128 Å². The quantitative estimate of drug-likeness (QED) is 0.847. The molecule has 2 aliphatic rings. The van der Waals surface area contributed by atoms with Crippen molar-refractivity contribution in [2.75, 3.05) is 7.11 Å². The zero-order chi connectivity index (χ0) is 15.7. The van der Waals surface area contributed by atoms with Crippen LogP contribution in [0.1, 0.15) is 37.2 Å². The van der Waals surface area contributed by atoms with Gasteiger partial charge in [-0.15, -0.1) is 0 Å². The second-order valence-corrected chi connectivity index (χ2v) is 5.66. The van der Waals surface area contributed by atoms with E-state index in [9.17, 15) is 14.7 Å². The number of carbonyl (C=O) groups excluding carboxylic acids is 2. The minimum absolute atomic E-state index is 0.0196. The second kappa shape index (κ2) is 5.57. The minimum Gasteiger partial charge on any atom is -0.464 e. The molecule has 0 aromatic heterocycles. The van der Waals surface area contributed by atoms with E-state index in [1.807, 2.05) is 30.3 Å². The molecule has 1 aromatic carbocycles. The maximum atomic E-state index is 12.3. The molecule has 2 unspecified atom stereocenters. The van der Waals surface area contributed by atoms with Crippen LogP contribution in [0.15, 0.2) is 41.7 Å². The average Bonchev–Trinajstić information content (AvgIpc) is 2.54. The highest BCUT2D eigenvalue weighted by atomic mass is 16.7. The predicted octanol–water partition coefficient (Wildman–Crippen LogP) is 2.06. The fourth-order valence-electron chi connectivity index (χ4n) is 3.21. The number of ether oxygens (including phenoxy) is 2. The van der Waals surface area contributed by atoms with Crippen molar-refractivity contribution >= 4 is 11.8 Å². The molecule has 1 aromatic rings. The van der Waals surface area contributed by atoms with E-state index in [2.05, 4.69) is 4.74 Å². The Bertz CT molecular complexity index is 634. The third-order valence-corrected chi connectivity index (χ3v) is 4.24. The smallest absolute Gasteiger partial charge is 0.379 e. The number of aliphatic hydroxyl groups is 1. The summed E-state index contributed by atoms with van der Waals surface area (Å²) in [5.74, 6) is -2.78. The first-order valence-corrected chi connectivity index (χ1v) is 7.36. The lowest BCUT2D eigenvalue weighted by atomic mass is 9.77. The van der Waals surface area contributed by atoms with Gasteiger partial charge in [-0.2, -0.15) is 0 Å². The number of allylic oxidation sites excluding steroid dienone is 2. The van der Waals surface area contributed by atoms with E-state index in [0.717, 1.165) is 5.56 Å². The summed E-state index contributed by atoms with van der Waals surface area (Å²) in [7, 11) is 1.21. The van der Waals surface area contributed by atoms with Crippen molar-refractivity contribution in [3.8, 4) is 0 Å². The van der Waals surface area contributed by atoms with Crippen LogP contribution in [0.3, 0.4) is 0 Å². The SMILES string of the molecule is COC(=O)C1(O)CC(c2ccccc2)C2=C(CCCC2=O)O1. The Morgan fingerprint density at radius 2 is 2.05 bits per heavy atom. The molecule has 2 atom stereocenters. The van der Waals surface area contributed by atoms with Crippen LogP contribution in [0.2, 0.25) is 0 Å². The largest absolute Gasteiger partial charge is 0.464 e. The summed E-state index contributed by atoms with van der Waals surface area (Å²) in [6, 6.07) is 9.40. The molecule has 0 amide bonds. The van der Waals surface area contributed by atoms with E-state index in [1.54, 1.807) is 0 Å². The average molecular weight is 302 g/mol. The van der Waals surface area contributed by atoms with Crippen molar-refractivity contribution < 1.29 is 24.2 Å². The van der Waals surface area contributed by atoms with Gasteiger partial charge in [0.05, 0.1) is 7.11 Å². The fraction of sp³-hybridized carbons (Fsp3) is 0.412. The number of hydrogen-bond donors (Lipinski definition) is 1. The summed E-state index contributed by atoms with van der Waals surface area (Å²) in [6.45, 7) is 0. The van der Waals surface area contributed by atoms with E-state index in [0.29, 0.717) is 30.6 Å². The molecule has 0 saturated carbocycles. The maximum Gasteiger partial charge on any atom is 0.379 e. The Kier molecular flexibility index (Phi) is 3.74. The standard InChI is InChI=1S/C17H18O5/c1-21-16(19)17(20)10-12(11-6-3-2-4-7-11)15-13(18)8-5-9-14(15)22-17/h2-4,6-7,12,20H,5,8-10H2,1H3. The van der Waals surface area contributed by atoms with Crippen LogP contribution in [-0.2, 0) is 19.1 Å². The van der Waals surface area contributed by atoms with Crippen molar-refractivity contribution in [1.29, 1.82) is 0 Å². The van der Waals surface area contributed by atoms with Gasteiger partial charge in [0.1, 0.15) is 5.76 Å². The summed E-state index contributed by atoms with van der Waals surface area (Å²) >= 11 is 0. The topological polar surface area (TPSA) is 72.8 Å². The van der Waals surface area contributed by atoms with Gasteiger partial charge in [-0.25, -0.2) is 4.79 Å². The number of methoxy groups -OCH3 is 1. The summed E-state index contributed by atoms with van der Waals surface area (Å²) in [4.78, 5) is 24.2. The van der Waals surface area contributed by atoms with Gasteiger partial charge in [-0.1, -0.05) is 30.3 Å². The highest BCUT2D eigenvalue weighted by Gasteiger charge is 2.50. The first kappa shape index (κ1) is 14.8. The Morgan fingerprint density at radius 1 is 1.32 bits per heavy atom. The van der Waals surface area contributed by atoms with Crippen molar-refractivity contribution in [3.63, 3.8) is 0 Å². The molecule has 1 aliphatic heterocycles. The lowest BCUT2D eigenvalue weighted by Gasteiger charge is -2.39. The number of hydrogen-bond acceptors (Lipinski definition) is 5. The van der Waals surface area contributed by atoms with Crippen LogP contribution < -0.4 is 0 Å². The summed E-state index contributed by atoms with van der Waals surface area (Å²) in [5.41, 5.74) is 1.47. The normalized spacial score (nSPS) is 27.9. The van der Waals surface area contributed by atoms with E-state index < -0.39 is 11.8 Å². The molecular formula is C17H18O5.